The van der Waals surface area contributed by atoms with E-state index in [2.05, 4.69) is 20.5 Å². The van der Waals surface area contributed by atoms with Gasteiger partial charge in [0.25, 0.3) is 0 Å². The Bertz CT molecular complexity index is 1850. The lowest BCUT2D eigenvalue weighted by atomic mass is 9.61. The van der Waals surface area contributed by atoms with Crippen LogP contribution < -0.4 is 5.32 Å². The molecule has 4 heterocycles. The van der Waals surface area contributed by atoms with E-state index in [-0.39, 0.29) is 23.9 Å². The predicted molar refractivity (Wildman–Crippen MR) is 192 cm³/mol. The van der Waals surface area contributed by atoms with Gasteiger partial charge < -0.3 is 35.4 Å². The van der Waals surface area contributed by atoms with Crippen LogP contribution in [0.15, 0.2) is 71.4 Å². The first-order valence-electron chi connectivity index (χ1n) is 17.1. The fraction of sp³-hybridized carbons (Fsp3) is 0.432. The Balaban J connectivity index is 0.832. The molecule has 7 rings (SSSR count). The van der Waals surface area contributed by atoms with E-state index in [1.807, 2.05) is 45.8 Å². The highest BCUT2D eigenvalue weighted by molar-refractivity contribution is 7.12. The van der Waals surface area contributed by atoms with Gasteiger partial charge in [-0.15, -0.1) is 27.8 Å². The van der Waals surface area contributed by atoms with Crippen LogP contribution in [0.5, 0.6) is 5.75 Å². The number of ether oxygens (including phenoxy) is 1. The topological polar surface area (TPSA) is 153 Å². The summed E-state index contributed by atoms with van der Waals surface area (Å²) in [6, 6.07) is 18.1. The number of phenols is 1. The number of benzene rings is 2. The molecule has 264 valence electrons. The molecule has 2 fully saturated rings. The molecule has 1 saturated carbocycles. The number of esters is 1. The van der Waals surface area contributed by atoms with Crippen molar-refractivity contribution in [3.8, 4) is 5.75 Å². The third kappa shape index (κ3) is 7.22. The highest BCUT2D eigenvalue weighted by Crippen LogP contribution is 2.51. The normalized spacial score (nSPS) is 17.3. The van der Waals surface area contributed by atoms with Gasteiger partial charge in [0, 0.05) is 25.2 Å². The zero-order valence-corrected chi connectivity index (χ0v) is 29.4. The number of rotatable bonds is 14. The summed E-state index contributed by atoms with van der Waals surface area (Å²) in [6.07, 6.45) is 3.91. The van der Waals surface area contributed by atoms with Gasteiger partial charge in [-0.25, -0.2) is 9.48 Å². The molecule has 0 unspecified atom stereocenters. The smallest absolute Gasteiger partial charge is 0.349 e. The maximum Gasteiger partial charge on any atom is 0.349 e. The molecular weight excluding hydrogens is 675 g/mol. The molecule has 5 aromatic rings. The molecule has 3 aromatic heterocycles. The zero-order chi connectivity index (χ0) is 34.7. The van der Waals surface area contributed by atoms with Gasteiger partial charge in [0.2, 0.25) is 5.60 Å². The molecule has 13 heteroatoms. The number of likely N-dealkylation sites (tertiary alicyclic amines) is 1. The number of nitrogens with one attached hydrogen (secondary N) is 1. The third-order valence-electron chi connectivity index (χ3n) is 10.3. The molecule has 2 aromatic carbocycles. The van der Waals surface area contributed by atoms with E-state index in [9.17, 15) is 25.2 Å². The lowest BCUT2D eigenvalue weighted by Crippen LogP contribution is -2.52. The van der Waals surface area contributed by atoms with Crippen LogP contribution in [0.1, 0.15) is 64.7 Å². The molecule has 0 amide bonds. The molecule has 1 aliphatic heterocycles. The number of fused-ring (bicyclic) bond motifs is 1. The summed E-state index contributed by atoms with van der Waals surface area (Å²) in [4.78, 5) is 17.0. The summed E-state index contributed by atoms with van der Waals surface area (Å²) in [6.45, 7) is 4.39. The van der Waals surface area contributed by atoms with Crippen molar-refractivity contribution in [3.63, 3.8) is 0 Å². The van der Waals surface area contributed by atoms with E-state index in [1.165, 1.54) is 28.7 Å². The highest BCUT2D eigenvalue weighted by Gasteiger charge is 2.51. The van der Waals surface area contributed by atoms with E-state index in [1.54, 1.807) is 24.3 Å². The van der Waals surface area contributed by atoms with Crippen LogP contribution in [0, 0.1) is 5.41 Å². The molecule has 2 aliphatic rings. The van der Waals surface area contributed by atoms with Crippen LogP contribution in [0.2, 0.25) is 0 Å². The van der Waals surface area contributed by atoms with Crippen molar-refractivity contribution < 1.29 is 30.0 Å². The average molecular weight is 718 g/mol. The maximum absolute atomic E-state index is 13.3. The molecule has 1 aliphatic carbocycles. The lowest BCUT2D eigenvalue weighted by molar-refractivity contribution is -0.181. The number of carbonyl (C=O) groups is 1. The van der Waals surface area contributed by atoms with Crippen LogP contribution >= 0.6 is 22.7 Å². The Morgan fingerprint density at radius 3 is 2.46 bits per heavy atom. The molecule has 0 bridgehead atoms. The average Bonchev–Trinajstić information content (AvgIpc) is 3.92. The van der Waals surface area contributed by atoms with Crippen LogP contribution in [0.3, 0.4) is 0 Å². The molecular formula is C37H43N5O6S2. The summed E-state index contributed by atoms with van der Waals surface area (Å²) in [5.74, 6) is -0.562. The van der Waals surface area contributed by atoms with Crippen molar-refractivity contribution in [2.24, 2.45) is 5.41 Å². The van der Waals surface area contributed by atoms with Crippen molar-refractivity contribution in [2.45, 2.75) is 69.6 Å². The highest BCUT2D eigenvalue weighted by atomic mass is 32.1. The number of aromatic nitrogens is 3. The van der Waals surface area contributed by atoms with Crippen LogP contribution in [-0.4, -0.2) is 78.6 Å². The Morgan fingerprint density at radius 1 is 1.04 bits per heavy atom. The van der Waals surface area contributed by atoms with Gasteiger partial charge in [0.05, 0.1) is 28.0 Å². The minimum atomic E-state index is -1.75. The third-order valence-corrected chi connectivity index (χ3v) is 12.3. The van der Waals surface area contributed by atoms with Crippen molar-refractivity contribution in [3.05, 3.63) is 97.9 Å². The van der Waals surface area contributed by atoms with E-state index in [0.29, 0.717) is 34.0 Å². The Kier molecular flexibility index (Phi) is 10.3. The van der Waals surface area contributed by atoms with Crippen molar-refractivity contribution in [2.75, 3.05) is 26.2 Å². The first kappa shape index (κ1) is 34.7. The van der Waals surface area contributed by atoms with Crippen molar-refractivity contribution >= 4 is 39.7 Å². The first-order valence-corrected chi connectivity index (χ1v) is 18.9. The summed E-state index contributed by atoms with van der Waals surface area (Å²) in [5, 5.41) is 57.0. The summed E-state index contributed by atoms with van der Waals surface area (Å²) >= 11 is 2.73. The molecule has 1 atom stereocenters. The van der Waals surface area contributed by atoms with Gasteiger partial charge in [-0.2, -0.15) is 0 Å². The standard InChI is InChI=1S/C37H43N5O6S2/c43-24-27-19-26(7-9-31(27)44)32(45)23-38-22-25-6-8-30-29(18-25)39-40-42(30)13-3-12-41-14-10-36(11-15-41)20-28(21-36)48-35(46)37(47,33-4-1-16-49-33)34-5-2-17-50-34/h1-2,4-9,16-19,28,32,38,43-45,47H,3,10-15,20-24H2/t32-/m0/s1. The van der Waals surface area contributed by atoms with Gasteiger partial charge in [-0.05, 0) is 115 Å². The zero-order valence-electron chi connectivity index (χ0n) is 27.8. The number of hydrogen-bond acceptors (Lipinski definition) is 12. The summed E-state index contributed by atoms with van der Waals surface area (Å²) in [7, 11) is 0. The van der Waals surface area contributed by atoms with Gasteiger partial charge in [-0.1, -0.05) is 29.5 Å². The Morgan fingerprint density at radius 2 is 1.78 bits per heavy atom. The minimum absolute atomic E-state index is 0.0130. The predicted octanol–water partition coefficient (Wildman–Crippen LogP) is 4.69. The number of carbonyl (C=O) groups excluding carboxylic acids is 1. The largest absolute Gasteiger partial charge is 0.508 e. The number of aliphatic hydroxyl groups excluding tert-OH is 2. The second kappa shape index (κ2) is 14.9. The number of aromatic hydroxyl groups is 1. The summed E-state index contributed by atoms with van der Waals surface area (Å²) in [5.41, 5.74) is 2.34. The van der Waals surface area contributed by atoms with Crippen molar-refractivity contribution in [1.82, 2.24) is 25.2 Å². The van der Waals surface area contributed by atoms with Crippen molar-refractivity contribution in [1.29, 1.82) is 0 Å². The number of nitrogens with zero attached hydrogens (tertiary/aromatic N) is 4. The Hall–Kier alpha value is -3.69. The number of aryl methyl sites for hydroxylation is 1. The number of aliphatic hydroxyl groups is 3. The maximum atomic E-state index is 13.3. The van der Waals surface area contributed by atoms with E-state index >= 15 is 0 Å². The van der Waals surface area contributed by atoms with Gasteiger partial charge in [-0.3, -0.25) is 0 Å². The van der Waals surface area contributed by atoms with E-state index < -0.39 is 17.7 Å². The molecule has 5 N–H and O–H groups in total. The molecule has 1 spiro atoms. The monoisotopic (exact) mass is 717 g/mol. The fourth-order valence-electron chi connectivity index (χ4n) is 7.32. The lowest BCUT2D eigenvalue weighted by Gasteiger charge is -2.51. The molecule has 0 radical (unpaired) electrons. The van der Waals surface area contributed by atoms with E-state index in [0.717, 1.165) is 74.9 Å². The van der Waals surface area contributed by atoms with Gasteiger partial charge in [0.15, 0.2) is 0 Å². The Labute approximate surface area is 298 Å². The summed E-state index contributed by atoms with van der Waals surface area (Å²) < 4.78 is 7.89. The van der Waals surface area contributed by atoms with E-state index in [4.69, 9.17) is 4.74 Å². The van der Waals surface area contributed by atoms with Crippen LogP contribution in [-0.2, 0) is 34.8 Å². The second-order valence-electron chi connectivity index (χ2n) is 13.6. The molecule has 1 saturated heterocycles. The van der Waals surface area contributed by atoms with Gasteiger partial charge in [0.1, 0.15) is 17.4 Å². The van der Waals surface area contributed by atoms with Crippen LogP contribution in [0.4, 0.5) is 0 Å². The molecule has 11 nitrogen and oxygen atoms in total. The molecule has 50 heavy (non-hydrogen) atoms. The fourth-order valence-corrected chi connectivity index (χ4v) is 9.04. The second-order valence-corrected chi connectivity index (χ2v) is 15.5. The SMILES string of the molecule is O=C(OC1CC2(CCN(CCCn3nnc4cc(CNC[C@H](O)c5ccc(O)c(CO)c5)ccc43)CC2)C1)C(O)(c1cccs1)c1cccs1. The van der Waals surface area contributed by atoms with Crippen LogP contribution in [0.25, 0.3) is 11.0 Å². The minimum Gasteiger partial charge on any atom is -0.508 e. The first-order chi connectivity index (χ1) is 24.3. The number of thiophene rings is 2. The number of hydrogen-bond donors (Lipinski definition) is 5. The quantitative estimate of drug-likeness (QED) is 0.102. The number of piperidine rings is 1. The van der Waals surface area contributed by atoms with Gasteiger partial charge >= 0.3 is 5.97 Å².